The minimum atomic E-state index is -0.561. The first-order chi connectivity index (χ1) is 11.5. The molecule has 3 N–H and O–H groups in total. The predicted octanol–water partition coefficient (Wildman–Crippen LogP) is 2.28. The van der Waals surface area contributed by atoms with Crippen LogP contribution in [0.15, 0.2) is 42.6 Å². The third-order valence-corrected chi connectivity index (χ3v) is 4.23. The number of primary amides is 1. The lowest BCUT2D eigenvalue weighted by atomic mass is 9.99. The highest BCUT2D eigenvalue weighted by Gasteiger charge is 2.30. The Morgan fingerprint density at radius 2 is 2.00 bits per heavy atom. The fraction of sp³-hybridized carbons (Fsp3) is 0.278. The Morgan fingerprint density at radius 3 is 2.62 bits per heavy atom. The van der Waals surface area contributed by atoms with Crippen LogP contribution < -0.4 is 16.0 Å². The van der Waals surface area contributed by atoms with Crippen molar-refractivity contribution in [2.75, 3.05) is 16.8 Å². The molecule has 24 heavy (non-hydrogen) atoms. The number of benzene rings is 1. The Hall–Kier alpha value is -2.89. The normalized spacial score (nSPS) is 16.5. The van der Waals surface area contributed by atoms with Crippen molar-refractivity contribution < 1.29 is 9.59 Å². The summed E-state index contributed by atoms with van der Waals surface area (Å²) in [6.07, 6.45) is 1.34. The lowest BCUT2D eigenvalue weighted by Gasteiger charge is -2.37. The van der Waals surface area contributed by atoms with Gasteiger partial charge in [0.05, 0.1) is 16.9 Å². The van der Waals surface area contributed by atoms with Crippen molar-refractivity contribution in [2.45, 2.75) is 19.9 Å². The summed E-state index contributed by atoms with van der Waals surface area (Å²) in [4.78, 5) is 29.9. The van der Waals surface area contributed by atoms with Crippen LogP contribution in [0.1, 0.15) is 34.7 Å². The Kier molecular flexibility index (Phi) is 4.20. The Labute approximate surface area is 140 Å². The van der Waals surface area contributed by atoms with E-state index in [0.29, 0.717) is 18.2 Å². The Balaban J connectivity index is 1.94. The van der Waals surface area contributed by atoms with E-state index in [4.69, 9.17) is 5.73 Å². The van der Waals surface area contributed by atoms with Crippen molar-refractivity contribution in [3.05, 3.63) is 53.9 Å². The minimum absolute atomic E-state index is 0.161. The summed E-state index contributed by atoms with van der Waals surface area (Å²) in [5, 5.41) is 3.48. The summed E-state index contributed by atoms with van der Waals surface area (Å²) >= 11 is 0. The molecule has 0 radical (unpaired) electrons. The second kappa shape index (κ2) is 6.31. The molecular formula is C18H20N4O2. The number of nitrogens with zero attached hydrogens (tertiary/aromatic N) is 2. The number of amides is 2. The molecular weight excluding hydrogens is 304 g/mol. The minimum Gasteiger partial charge on any atom is -0.379 e. The summed E-state index contributed by atoms with van der Waals surface area (Å²) in [7, 11) is 0. The second-order valence-electron chi connectivity index (χ2n) is 6.22. The van der Waals surface area contributed by atoms with E-state index in [2.05, 4.69) is 24.1 Å². The molecule has 0 spiro atoms. The summed E-state index contributed by atoms with van der Waals surface area (Å²) in [5.41, 5.74) is 7.56. The van der Waals surface area contributed by atoms with Gasteiger partial charge in [-0.3, -0.25) is 14.6 Å². The van der Waals surface area contributed by atoms with Crippen LogP contribution in [0.4, 0.5) is 11.4 Å². The van der Waals surface area contributed by atoms with Gasteiger partial charge in [0.15, 0.2) is 0 Å². The Bertz CT molecular complexity index is 771. The SMILES string of the molecule is CC(C)C1CN(C(=O)c2ccc(C(N)=O)cn2)c2ccccc2N1. The number of pyridine rings is 1. The largest absolute Gasteiger partial charge is 0.379 e. The molecule has 124 valence electrons. The van der Waals surface area contributed by atoms with E-state index in [0.717, 1.165) is 11.4 Å². The van der Waals surface area contributed by atoms with E-state index in [1.807, 2.05) is 24.3 Å². The summed E-state index contributed by atoms with van der Waals surface area (Å²) in [6, 6.07) is 10.9. The molecule has 0 aliphatic carbocycles. The number of hydrogen-bond acceptors (Lipinski definition) is 4. The fourth-order valence-electron chi connectivity index (χ4n) is 2.75. The smallest absolute Gasteiger partial charge is 0.276 e. The van der Waals surface area contributed by atoms with Crippen LogP contribution in [0, 0.1) is 5.92 Å². The van der Waals surface area contributed by atoms with Crippen LogP contribution in [-0.2, 0) is 0 Å². The monoisotopic (exact) mass is 324 g/mol. The van der Waals surface area contributed by atoms with Gasteiger partial charge >= 0.3 is 0 Å². The molecule has 0 bridgehead atoms. The van der Waals surface area contributed by atoms with Crippen molar-refractivity contribution in [3.63, 3.8) is 0 Å². The summed E-state index contributed by atoms with van der Waals surface area (Å²) in [6.45, 7) is 4.80. The van der Waals surface area contributed by atoms with Gasteiger partial charge in [0.25, 0.3) is 5.91 Å². The maximum absolute atomic E-state index is 12.9. The van der Waals surface area contributed by atoms with Crippen LogP contribution in [0.25, 0.3) is 0 Å². The third kappa shape index (κ3) is 2.95. The van der Waals surface area contributed by atoms with Gasteiger partial charge in [0.2, 0.25) is 5.91 Å². The number of hydrogen-bond donors (Lipinski definition) is 2. The molecule has 6 heteroatoms. The number of para-hydroxylation sites is 2. The lowest BCUT2D eigenvalue weighted by Crippen LogP contribution is -2.47. The quantitative estimate of drug-likeness (QED) is 0.906. The van der Waals surface area contributed by atoms with Gasteiger partial charge in [-0.15, -0.1) is 0 Å². The number of fused-ring (bicyclic) bond motifs is 1. The lowest BCUT2D eigenvalue weighted by molar-refractivity contribution is 0.0973. The molecule has 3 rings (SSSR count). The van der Waals surface area contributed by atoms with Crippen molar-refractivity contribution in [1.29, 1.82) is 0 Å². The molecule has 6 nitrogen and oxygen atoms in total. The molecule has 2 heterocycles. The molecule has 1 unspecified atom stereocenters. The number of anilines is 2. The van der Waals surface area contributed by atoms with Gasteiger partial charge in [-0.05, 0) is 30.2 Å². The molecule has 1 aromatic heterocycles. The topological polar surface area (TPSA) is 88.3 Å². The molecule has 1 aliphatic heterocycles. The van der Waals surface area contributed by atoms with E-state index in [-0.39, 0.29) is 17.5 Å². The van der Waals surface area contributed by atoms with Crippen LogP contribution in [-0.4, -0.2) is 29.4 Å². The molecule has 2 amide bonds. The first kappa shape index (κ1) is 16.0. The maximum Gasteiger partial charge on any atom is 0.276 e. The first-order valence-electron chi connectivity index (χ1n) is 7.90. The van der Waals surface area contributed by atoms with Crippen LogP contribution in [0.5, 0.6) is 0 Å². The molecule has 0 fully saturated rings. The van der Waals surface area contributed by atoms with Gasteiger partial charge in [-0.25, -0.2) is 0 Å². The summed E-state index contributed by atoms with van der Waals surface area (Å²) in [5.74, 6) is -0.377. The van der Waals surface area contributed by atoms with Gasteiger partial charge < -0.3 is 16.0 Å². The third-order valence-electron chi connectivity index (χ3n) is 4.23. The van der Waals surface area contributed by atoms with E-state index in [9.17, 15) is 9.59 Å². The van der Waals surface area contributed by atoms with Crippen molar-refractivity contribution in [2.24, 2.45) is 11.7 Å². The number of nitrogens with one attached hydrogen (secondary N) is 1. The van der Waals surface area contributed by atoms with E-state index in [1.165, 1.54) is 18.3 Å². The van der Waals surface area contributed by atoms with Crippen LogP contribution in [0.2, 0.25) is 0 Å². The molecule has 0 saturated heterocycles. The average molecular weight is 324 g/mol. The van der Waals surface area contributed by atoms with Crippen molar-refractivity contribution in [3.8, 4) is 0 Å². The van der Waals surface area contributed by atoms with Gasteiger partial charge in [-0.2, -0.15) is 0 Å². The number of carbonyl (C=O) groups excluding carboxylic acids is 2. The van der Waals surface area contributed by atoms with E-state index in [1.54, 1.807) is 4.90 Å². The zero-order valence-electron chi connectivity index (χ0n) is 13.7. The number of rotatable bonds is 3. The highest BCUT2D eigenvalue weighted by molar-refractivity contribution is 6.07. The van der Waals surface area contributed by atoms with Gasteiger partial charge in [0, 0.05) is 18.8 Å². The second-order valence-corrected chi connectivity index (χ2v) is 6.22. The summed E-state index contributed by atoms with van der Waals surface area (Å²) < 4.78 is 0. The zero-order chi connectivity index (χ0) is 17.3. The molecule has 1 atom stereocenters. The maximum atomic E-state index is 12.9. The number of carbonyl (C=O) groups is 2. The van der Waals surface area contributed by atoms with E-state index >= 15 is 0 Å². The number of aromatic nitrogens is 1. The highest BCUT2D eigenvalue weighted by atomic mass is 16.2. The standard InChI is InChI=1S/C18H20N4O2/c1-11(2)15-10-22(16-6-4-3-5-13(16)21-15)18(24)14-8-7-12(9-20-14)17(19)23/h3-9,11,15,21H,10H2,1-2H3,(H2,19,23). The zero-order valence-corrected chi connectivity index (χ0v) is 13.7. The molecule has 1 aliphatic rings. The van der Waals surface area contributed by atoms with E-state index < -0.39 is 5.91 Å². The highest BCUT2D eigenvalue weighted by Crippen LogP contribution is 2.33. The van der Waals surface area contributed by atoms with Crippen molar-refractivity contribution in [1.82, 2.24) is 4.98 Å². The van der Waals surface area contributed by atoms with Gasteiger partial charge in [-0.1, -0.05) is 26.0 Å². The molecule has 0 saturated carbocycles. The predicted molar refractivity (Wildman–Crippen MR) is 93.1 cm³/mol. The molecule has 2 aromatic rings. The Morgan fingerprint density at radius 1 is 1.25 bits per heavy atom. The number of nitrogens with two attached hydrogens (primary N) is 1. The van der Waals surface area contributed by atoms with Crippen molar-refractivity contribution >= 4 is 23.2 Å². The van der Waals surface area contributed by atoms with Crippen LogP contribution >= 0.6 is 0 Å². The molecule has 1 aromatic carbocycles. The first-order valence-corrected chi connectivity index (χ1v) is 7.90. The van der Waals surface area contributed by atoms with Crippen LogP contribution in [0.3, 0.4) is 0 Å². The van der Waals surface area contributed by atoms with Gasteiger partial charge in [0.1, 0.15) is 5.69 Å². The fourth-order valence-corrected chi connectivity index (χ4v) is 2.75. The average Bonchev–Trinajstić information content (AvgIpc) is 2.60.